The number of carbonyl (C=O) groups excluding carboxylic acids is 1. The van der Waals surface area contributed by atoms with E-state index < -0.39 is 0 Å². The van der Waals surface area contributed by atoms with E-state index in [0.29, 0.717) is 5.91 Å². The molecule has 120 valence electrons. The third-order valence-electron chi connectivity index (χ3n) is 5.16. The van der Waals surface area contributed by atoms with Gasteiger partial charge in [-0.1, -0.05) is 24.3 Å². The van der Waals surface area contributed by atoms with Gasteiger partial charge in [0.1, 0.15) is 0 Å². The highest BCUT2D eigenvalue weighted by molar-refractivity contribution is 5.91. The molecule has 0 atom stereocenters. The average Bonchev–Trinajstić information content (AvgIpc) is 3.37. The molecule has 22 heavy (non-hydrogen) atoms. The molecule has 0 aromatic heterocycles. The first kappa shape index (κ1) is 15.5. The number of unbranched alkanes of at least 4 members (excludes halogenated alkanes) is 1. The second-order valence-corrected chi connectivity index (χ2v) is 6.82. The zero-order valence-electron chi connectivity index (χ0n) is 13.4. The van der Waals surface area contributed by atoms with Gasteiger partial charge in [0, 0.05) is 19.7 Å². The van der Waals surface area contributed by atoms with E-state index >= 15 is 0 Å². The van der Waals surface area contributed by atoms with E-state index in [1.165, 1.54) is 17.5 Å². The van der Waals surface area contributed by atoms with E-state index in [2.05, 4.69) is 29.2 Å². The van der Waals surface area contributed by atoms with Gasteiger partial charge in [0.05, 0.1) is 5.41 Å². The predicted octanol–water partition coefficient (Wildman–Crippen LogP) is 3.05. The Morgan fingerprint density at radius 1 is 1.14 bits per heavy atom. The van der Waals surface area contributed by atoms with Gasteiger partial charge in [-0.25, -0.2) is 0 Å². The number of hydrogen-bond acceptors (Lipinski definition) is 2. The fourth-order valence-electron chi connectivity index (χ4n) is 3.62. The summed E-state index contributed by atoms with van der Waals surface area (Å²) in [5.41, 5.74) is 2.29. The number of aliphatic hydroxyl groups is 1. The Morgan fingerprint density at radius 2 is 1.91 bits per heavy atom. The molecule has 1 heterocycles. The maximum absolute atomic E-state index is 12.9. The van der Waals surface area contributed by atoms with Crippen molar-refractivity contribution in [2.24, 2.45) is 0 Å². The molecule has 1 amide bonds. The van der Waals surface area contributed by atoms with Gasteiger partial charge in [0.25, 0.3) is 0 Å². The molecule has 0 bridgehead atoms. The molecule has 1 saturated carbocycles. The van der Waals surface area contributed by atoms with Crippen LogP contribution in [0.25, 0.3) is 0 Å². The molecule has 1 aromatic carbocycles. The molecule has 3 rings (SSSR count). The first-order valence-corrected chi connectivity index (χ1v) is 8.76. The Hall–Kier alpha value is -1.35. The van der Waals surface area contributed by atoms with Gasteiger partial charge in [0.15, 0.2) is 0 Å². The zero-order chi connectivity index (χ0) is 15.4. The summed E-state index contributed by atoms with van der Waals surface area (Å²) in [7, 11) is 0. The van der Waals surface area contributed by atoms with Crippen molar-refractivity contribution in [3.05, 3.63) is 35.4 Å². The summed E-state index contributed by atoms with van der Waals surface area (Å²) in [5, 5.41) is 8.90. The van der Waals surface area contributed by atoms with Gasteiger partial charge in [0.2, 0.25) is 5.91 Å². The standard InChI is InChI=1S/C19H27NO2/c21-14-5-2-7-16-8-6-9-17(15-16)19(10-11-19)18(22)20-12-3-1-4-13-20/h6,8-9,15,21H,1-5,7,10-14H2. The molecular formula is C19H27NO2. The van der Waals surface area contributed by atoms with Crippen molar-refractivity contribution in [1.29, 1.82) is 0 Å². The van der Waals surface area contributed by atoms with Gasteiger partial charge < -0.3 is 10.0 Å². The monoisotopic (exact) mass is 301 g/mol. The van der Waals surface area contributed by atoms with Crippen LogP contribution in [-0.2, 0) is 16.6 Å². The van der Waals surface area contributed by atoms with Crippen molar-refractivity contribution >= 4 is 5.91 Å². The first-order valence-electron chi connectivity index (χ1n) is 8.76. The lowest BCUT2D eigenvalue weighted by atomic mass is 9.91. The van der Waals surface area contributed by atoms with Gasteiger partial charge in [-0.15, -0.1) is 0 Å². The Morgan fingerprint density at radius 3 is 2.59 bits per heavy atom. The molecule has 3 heteroatoms. The molecule has 2 fully saturated rings. The summed E-state index contributed by atoms with van der Waals surface area (Å²) < 4.78 is 0. The van der Waals surface area contributed by atoms with Crippen LogP contribution >= 0.6 is 0 Å². The van der Waals surface area contributed by atoms with Crippen molar-refractivity contribution < 1.29 is 9.90 Å². The van der Waals surface area contributed by atoms with Crippen molar-refractivity contribution in [3.63, 3.8) is 0 Å². The molecule has 0 spiro atoms. The number of hydrogen-bond donors (Lipinski definition) is 1. The number of likely N-dealkylation sites (tertiary alicyclic amines) is 1. The number of aliphatic hydroxyl groups excluding tert-OH is 1. The van der Waals surface area contributed by atoms with Crippen LogP contribution in [0, 0.1) is 0 Å². The summed E-state index contributed by atoms with van der Waals surface area (Å²) in [4.78, 5) is 15.0. The SMILES string of the molecule is O=C(N1CCCCC1)C1(c2cccc(CCCCO)c2)CC1. The lowest BCUT2D eigenvalue weighted by Gasteiger charge is -2.31. The van der Waals surface area contributed by atoms with Crippen LogP contribution in [0.3, 0.4) is 0 Å². The fraction of sp³-hybridized carbons (Fsp3) is 0.632. The van der Waals surface area contributed by atoms with Gasteiger partial charge >= 0.3 is 0 Å². The van der Waals surface area contributed by atoms with Gasteiger partial charge in [-0.2, -0.15) is 0 Å². The number of nitrogens with zero attached hydrogens (tertiary/aromatic N) is 1. The molecular weight excluding hydrogens is 274 g/mol. The number of amides is 1. The Balaban J connectivity index is 1.72. The minimum atomic E-state index is -0.218. The number of carbonyl (C=O) groups is 1. The fourth-order valence-corrected chi connectivity index (χ4v) is 3.62. The first-order chi connectivity index (χ1) is 10.8. The smallest absolute Gasteiger partial charge is 0.233 e. The van der Waals surface area contributed by atoms with Crippen LogP contribution in [0.4, 0.5) is 0 Å². The second-order valence-electron chi connectivity index (χ2n) is 6.82. The average molecular weight is 301 g/mol. The minimum absolute atomic E-state index is 0.218. The third-order valence-corrected chi connectivity index (χ3v) is 5.16. The highest BCUT2D eigenvalue weighted by Crippen LogP contribution is 2.50. The van der Waals surface area contributed by atoms with Gasteiger partial charge in [-0.05, 0) is 62.5 Å². The number of aryl methyl sites for hydroxylation is 1. The Bertz CT molecular complexity index is 516. The van der Waals surface area contributed by atoms with Crippen molar-refractivity contribution in [3.8, 4) is 0 Å². The van der Waals surface area contributed by atoms with Crippen LogP contribution in [0.5, 0.6) is 0 Å². The van der Waals surface area contributed by atoms with E-state index in [9.17, 15) is 4.79 Å². The highest BCUT2D eigenvalue weighted by Gasteiger charge is 2.53. The highest BCUT2D eigenvalue weighted by atomic mass is 16.2. The molecule has 1 N–H and O–H groups in total. The minimum Gasteiger partial charge on any atom is -0.396 e. The number of rotatable bonds is 6. The van der Waals surface area contributed by atoms with Crippen LogP contribution in [-0.4, -0.2) is 35.6 Å². The molecule has 2 aliphatic rings. The third kappa shape index (κ3) is 3.19. The molecule has 3 nitrogen and oxygen atoms in total. The Kier molecular flexibility index (Phi) is 4.82. The van der Waals surface area contributed by atoms with E-state index in [-0.39, 0.29) is 12.0 Å². The van der Waals surface area contributed by atoms with Crippen LogP contribution in [0.15, 0.2) is 24.3 Å². The maximum Gasteiger partial charge on any atom is 0.233 e. The zero-order valence-corrected chi connectivity index (χ0v) is 13.4. The topological polar surface area (TPSA) is 40.5 Å². The number of piperidine rings is 1. The van der Waals surface area contributed by atoms with Crippen LogP contribution in [0.1, 0.15) is 56.1 Å². The normalized spacial score (nSPS) is 20.0. The molecule has 0 unspecified atom stereocenters. The molecule has 1 aliphatic heterocycles. The van der Waals surface area contributed by atoms with Crippen molar-refractivity contribution in [1.82, 2.24) is 4.90 Å². The van der Waals surface area contributed by atoms with Crippen molar-refractivity contribution in [2.45, 2.75) is 56.8 Å². The Labute approximate surface area is 133 Å². The van der Waals surface area contributed by atoms with E-state index in [0.717, 1.165) is 58.0 Å². The molecule has 0 radical (unpaired) electrons. The van der Waals surface area contributed by atoms with E-state index in [4.69, 9.17) is 5.11 Å². The summed E-state index contributed by atoms with van der Waals surface area (Å²) in [6.07, 6.45) is 8.42. The molecule has 1 aromatic rings. The van der Waals surface area contributed by atoms with Crippen LogP contribution < -0.4 is 0 Å². The van der Waals surface area contributed by atoms with Crippen LogP contribution in [0.2, 0.25) is 0 Å². The molecule has 1 saturated heterocycles. The van der Waals surface area contributed by atoms with Gasteiger partial charge in [-0.3, -0.25) is 4.79 Å². The maximum atomic E-state index is 12.9. The summed E-state index contributed by atoms with van der Waals surface area (Å²) in [6.45, 7) is 2.14. The lowest BCUT2D eigenvalue weighted by Crippen LogP contribution is -2.42. The number of benzene rings is 1. The van der Waals surface area contributed by atoms with E-state index in [1.54, 1.807) is 0 Å². The van der Waals surface area contributed by atoms with Crippen molar-refractivity contribution in [2.75, 3.05) is 19.7 Å². The molecule has 1 aliphatic carbocycles. The lowest BCUT2D eigenvalue weighted by molar-refractivity contribution is -0.134. The van der Waals surface area contributed by atoms with E-state index in [1.807, 2.05) is 0 Å². The summed E-state index contributed by atoms with van der Waals surface area (Å²) in [5.74, 6) is 0.361. The summed E-state index contributed by atoms with van der Waals surface area (Å²) in [6, 6.07) is 8.59. The predicted molar refractivity (Wildman–Crippen MR) is 87.8 cm³/mol. The summed E-state index contributed by atoms with van der Waals surface area (Å²) >= 11 is 0. The largest absolute Gasteiger partial charge is 0.396 e. The quantitative estimate of drug-likeness (QED) is 0.820. The second kappa shape index (κ2) is 6.82.